The second-order valence-corrected chi connectivity index (χ2v) is 6.11. The number of hydrogen-bond donors (Lipinski definition) is 3. The number of phenols is 1. The Kier molecular flexibility index (Phi) is 6.92. The summed E-state index contributed by atoms with van der Waals surface area (Å²) in [5.74, 6) is 0.195. The van der Waals surface area contributed by atoms with Gasteiger partial charge in [0.2, 0.25) is 5.75 Å². The van der Waals surface area contributed by atoms with Gasteiger partial charge in [-0.2, -0.15) is 18.3 Å². The molecule has 0 heterocycles. The summed E-state index contributed by atoms with van der Waals surface area (Å²) in [5.41, 5.74) is 2.09. The Hall–Kier alpha value is -2.72. The maximum Gasteiger partial charge on any atom is 0.416 e. The zero-order valence-corrected chi connectivity index (χ0v) is 16.2. The van der Waals surface area contributed by atoms with Crippen LogP contribution in [0.1, 0.15) is 11.1 Å². The van der Waals surface area contributed by atoms with E-state index in [2.05, 4.69) is 15.8 Å². The Morgan fingerprint density at radius 2 is 1.79 bits per heavy atom. The number of anilines is 1. The minimum atomic E-state index is -4.51. The molecule has 0 unspecified atom stereocenters. The fourth-order valence-electron chi connectivity index (χ4n) is 2.10. The van der Waals surface area contributed by atoms with Gasteiger partial charge in [-0.3, -0.25) is 5.43 Å². The minimum absolute atomic E-state index is 0.0165. The van der Waals surface area contributed by atoms with Crippen molar-refractivity contribution in [2.45, 2.75) is 6.18 Å². The van der Waals surface area contributed by atoms with Crippen LogP contribution >= 0.6 is 23.8 Å². The third-order valence-corrected chi connectivity index (χ3v) is 3.95. The van der Waals surface area contributed by atoms with Crippen molar-refractivity contribution in [1.82, 2.24) is 5.43 Å². The number of rotatable bonds is 5. The SMILES string of the molecule is COc1cc(/C=N/NC(=S)Nc2cc(C(F)(F)F)ccc2Cl)cc(OC)c1O. The van der Waals surface area contributed by atoms with Gasteiger partial charge in [-0.1, -0.05) is 11.6 Å². The van der Waals surface area contributed by atoms with E-state index in [1.54, 1.807) is 0 Å². The lowest BCUT2D eigenvalue weighted by atomic mass is 10.2. The summed E-state index contributed by atoms with van der Waals surface area (Å²) in [5, 5.41) is 16.3. The van der Waals surface area contributed by atoms with Crippen LogP contribution < -0.4 is 20.2 Å². The number of nitrogens with zero attached hydrogens (tertiary/aromatic N) is 1. The van der Waals surface area contributed by atoms with Crippen LogP contribution in [0.3, 0.4) is 0 Å². The predicted octanol–water partition coefficient (Wildman–Crippen LogP) is 4.40. The van der Waals surface area contributed by atoms with Crippen molar-refractivity contribution in [3.05, 3.63) is 46.5 Å². The van der Waals surface area contributed by atoms with E-state index < -0.39 is 11.7 Å². The molecular formula is C17H15ClF3N3O3S. The summed E-state index contributed by atoms with van der Waals surface area (Å²) in [7, 11) is 2.76. The number of ether oxygens (including phenoxy) is 2. The Bertz CT molecular complexity index is 882. The summed E-state index contributed by atoms with van der Waals surface area (Å²) in [4.78, 5) is 0. The summed E-state index contributed by atoms with van der Waals surface area (Å²) >= 11 is 10.9. The van der Waals surface area contributed by atoms with E-state index in [9.17, 15) is 18.3 Å². The highest BCUT2D eigenvalue weighted by atomic mass is 35.5. The predicted molar refractivity (Wildman–Crippen MR) is 105 cm³/mol. The number of benzene rings is 2. The van der Waals surface area contributed by atoms with Gasteiger partial charge >= 0.3 is 6.18 Å². The number of thiocarbonyl (C=S) groups is 1. The van der Waals surface area contributed by atoms with Crippen LogP contribution in [-0.4, -0.2) is 30.7 Å². The highest BCUT2D eigenvalue weighted by molar-refractivity contribution is 7.80. The molecule has 0 aliphatic carbocycles. The van der Waals surface area contributed by atoms with Crippen molar-refractivity contribution in [1.29, 1.82) is 0 Å². The van der Waals surface area contributed by atoms with Crippen LogP contribution in [0.2, 0.25) is 5.02 Å². The lowest BCUT2D eigenvalue weighted by molar-refractivity contribution is -0.137. The molecule has 0 bridgehead atoms. The lowest BCUT2D eigenvalue weighted by Gasteiger charge is -2.12. The molecule has 11 heteroatoms. The highest BCUT2D eigenvalue weighted by Crippen LogP contribution is 2.36. The first-order valence-corrected chi connectivity index (χ1v) is 8.36. The molecule has 0 aromatic heterocycles. The van der Waals surface area contributed by atoms with Crippen molar-refractivity contribution in [2.24, 2.45) is 5.10 Å². The number of alkyl halides is 3. The van der Waals surface area contributed by atoms with Crippen molar-refractivity contribution in [3.63, 3.8) is 0 Å². The van der Waals surface area contributed by atoms with Crippen LogP contribution in [0.25, 0.3) is 0 Å². The van der Waals surface area contributed by atoms with E-state index >= 15 is 0 Å². The van der Waals surface area contributed by atoms with Crippen LogP contribution in [-0.2, 0) is 6.18 Å². The largest absolute Gasteiger partial charge is 0.502 e. The molecule has 0 saturated heterocycles. The fourth-order valence-corrected chi connectivity index (χ4v) is 2.43. The lowest BCUT2D eigenvalue weighted by Crippen LogP contribution is -2.24. The molecule has 0 amide bonds. The maximum absolute atomic E-state index is 12.8. The molecule has 2 aromatic carbocycles. The van der Waals surface area contributed by atoms with Crippen LogP contribution in [0, 0.1) is 0 Å². The Labute approximate surface area is 168 Å². The smallest absolute Gasteiger partial charge is 0.416 e. The normalized spacial score (nSPS) is 11.4. The van der Waals surface area contributed by atoms with E-state index in [1.807, 2.05) is 0 Å². The summed E-state index contributed by atoms with van der Waals surface area (Å²) < 4.78 is 48.5. The van der Waals surface area contributed by atoms with Gasteiger partial charge in [0.05, 0.1) is 36.7 Å². The van der Waals surface area contributed by atoms with E-state index in [0.717, 1.165) is 18.2 Å². The molecule has 0 fully saturated rings. The van der Waals surface area contributed by atoms with Gasteiger partial charge in [0.25, 0.3) is 0 Å². The Balaban J connectivity index is 2.09. The highest BCUT2D eigenvalue weighted by Gasteiger charge is 2.31. The molecule has 0 aliphatic heterocycles. The molecule has 0 saturated carbocycles. The first-order chi connectivity index (χ1) is 13.2. The average Bonchev–Trinajstić information content (AvgIpc) is 2.63. The number of hydrogen-bond acceptors (Lipinski definition) is 5. The first kappa shape index (κ1) is 21.6. The van der Waals surface area contributed by atoms with E-state index in [0.29, 0.717) is 5.56 Å². The molecule has 2 rings (SSSR count). The number of halogens is 4. The van der Waals surface area contributed by atoms with Crippen molar-refractivity contribution < 1.29 is 27.8 Å². The quantitative estimate of drug-likeness (QED) is 0.368. The van der Waals surface area contributed by atoms with Gasteiger partial charge in [-0.25, -0.2) is 0 Å². The fraction of sp³-hybridized carbons (Fsp3) is 0.176. The first-order valence-electron chi connectivity index (χ1n) is 7.57. The van der Waals surface area contributed by atoms with Gasteiger partial charge in [0, 0.05) is 5.56 Å². The summed E-state index contributed by atoms with van der Waals surface area (Å²) in [6.45, 7) is 0. The van der Waals surface area contributed by atoms with Crippen molar-refractivity contribution in [2.75, 3.05) is 19.5 Å². The van der Waals surface area contributed by atoms with Gasteiger partial charge < -0.3 is 19.9 Å². The second-order valence-electron chi connectivity index (χ2n) is 5.29. The monoisotopic (exact) mass is 433 g/mol. The molecule has 0 spiro atoms. The van der Waals surface area contributed by atoms with E-state index in [4.69, 9.17) is 33.3 Å². The van der Waals surface area contributed by atoms with Crippen LogP contribution in [0.5, 0.6) is 17.2 Å². The molecule has 150 valence electrons. The Morgan fingerprint density at radius 1 is 1.18 bits per heavy atom. The van der Waals surface area contributed by atoms with Crippen LogP contribution in [0.15, 0.2) is 35.4 Å². The molecule has 28 heavy (non-hydrogen) atoms. The van der Waals surface area contributed by atoms with Gasteiger partial charge in [-0.05, 0) is 42.5 Å². The third kappa shape index (κ3) is 5.40. The van der Waals surface area contributed by atoms with Gasteiger partial charge in [-0.15, -0.1) is 0 Å². The number of hydrazone groups is 1. The average molecular weight is 434 g/mol. The third-order valence-electron chi connectivity index (χ3n) is 3.42. The van der Waals surface area contributed by atoms with Gasteiger partial charge in [0.15, 0.2) is 16.6 Å². The molecule has 3 N–H and O–H groups in total. The van der Waals surface area contributed by atoms with Crippen molar-refractivity contribution in [3.8, 4) is 17.2 Å². The second kappa shape index (κ2) is 8.98. The number of methoxy groups -OCH3 is 2. The molecule has 2 aromatic rings. The molecule has 0 radical (unpaired) electrons. The van der Waals surface area contributed by atoms with Crippen molar-refractivity contribution >= 4 is 40.8 Å². The van der Waals surface area contributed by atoms with E-state index in [1.165, 1.54) is 32.6 Å². The zero-order chi connectivity index (χ0) is 20.9. The standard InChI is InChI=1S/C17H15ClF3N3O3S/c1-26-13-5-9(6-14(27-2)15(13)25)8-22-24-16(28)23-12-7-10(17(19,20)21)3-4-11(12)18/h3-8,25H,1-2H3,(H2,23,24,28)/b22-8+. The number of phenolic OH excluding ortho intramolecular Hbond substituents is 1. The minimum Gasteiger partial charge on any atom is -0.502 e. The van der Waals surface area contributed by atoms with E-state index in [-0.39, 0.29) is 33.1 Å². The number of aromatic hydroxyl groups is 1. The Morgan fingerprint density at radius 3 is 2.32 bits per heavy atom. The molecular weight excluding hydrogens is 419 g/mol. The topological polar surface area (TPSA) is 75.1 Å². The summed E-state index contributed by atoms with van der Waals surface area (Å²) in [6, 6.07) is 5.84. The molecule has 0 atom stereocenters. The summed E-state index contributed by atoms with van der Waals surface area (Å²) in [6.07, 6.45) is -3.16. The molecule has 6 nitrogen and oxygen atoms in total. The molecule has 0 aliphatic rings. The zero-order valence-electron chi connectivity index (χ0n) is 14.6. The number of nitrogens with one attached hydrogen (secondary N) is 2. The van der Waals surface area contributed by atoms with Gasteiger partial charge in [0.1, 0.15) is 0 Å². The van der Waals surface area contributed by atoms with Crippen LogP contribution in [0.4, 0.5) is 18.9 Å². The maximum atomic E-state index is 12.8.